The number of hydrogen-bond donors (Lipinski definition) is 0. The van der Waals surface area contributed by atoms with Gasteiger partial charge in [-0.3, -0.25) is 4.90 Å². The van der Waals surface area contributed by atoms with Crippen molar-refractivity contribution >= 4 is 11.4 Å². The van der Waals surface area contributed by atoms with Crippen LogP contribution in [0.4, 0.5) is 11.4 Å². The summed E-state index contributed by atoms with van der Waals surface area (Å²) in [5.41, 5.74) is 7.48. The molecule has 0 spiro atoms. The zero-order chi connectivity index (χ0) is 17.7. The Morgan fingerprint density at radius 1 is 1.00 bits per heavy atom. The quantitative estimate of drug-likeness (QED) is 0.834. The summed E-state index contributed by atoms with van der Waals surface area (Å²) in [5, 5.41) is 0. The van der Waals surface area contributed by atoms with Crippen molar-refractivity contribution in [3.05, 3.63) is 59.2 Å². The van der Waals surface area contributed by atoms with Crippen LogP contribution in [0.25, 0.3) is 0 Å². The van der Waals surface area contributed by atoms with Crippen molar-refractivity contribution in [2.75, 3.05) is 43.0 Å². The van der Waals surface area contributed by atoms with Crippen molar-refractivity contribution < 1.29 is 0 Å². The van der Waals surface area contributed by atoms with Crippen LogP contribution < -0.4 is 9.80 Å². The molecule has 0 radical (unpaired) electrons. The van der Waals surface area contributed by atoms with Gasteiger partial charge in [-0.05, 0) is 35.6 Å². The van der Waals surface area contributed by atoms with Crippen molar-refractivity contribution in [1.29, 1.82) is 0 Å². The van der Waals surface area contributed by atoms with Crippen LogP contribution in [0.5, 0.6) is 0 Å². The highest BCUT2D eigenvalue weighted by Gasteiger charge is 2.44. The van der Waals surface area contributed by atoms with Crippen LogP contribution in [0, 0.1) is 0 Å². The van der Waals surface area contributed by atoms with E-state index in [0.29, 0.717) is 12.0 Å². The van der Waals surface area contributed by atoms with Crippen molar-refractivity contribution in [3.63, 3.8) is 0 Å². The van der Waals surface area contributed by atoms with E-state index in [0.717, 1.165) is 19.5 Å². The molecular formula is C23H29N3. The Bertz CT molecular complexity index is 815. The molecule has 0 N–H and O–H groups in total. The van der Waals surface area contributed by atoms with Gasteiger partial charge in [0, 0.05) is 51.7 Å². The van der Waals surface area contributed by atoms with Crippen LogP contribution in [0.2, 0.25) is 0 Å². The van der Waals surface area contributed by atoms with Crippen molar-refractivity contribution in [3.8, 4) is 0 Å². The number of benzene rings is 2. The largest absolute Gasteiger partial charge is 0.371 e. The van der Waals surface area contributed by atoms with Gasteiger partial charge in [-0.25, -0.2) is 0 Å². The average molecular weight is 348 g/mol. The van der Waals surface area contributed by atoms with E-state index in [1.54, 1.807) is 5.56 Å². The fourth-order valence-electron chi connectivity index (χ4n) is 5.33. The zero-order valence-corrected chi connectivity index (χ0v) is 16.0. The second kappa shape index (κ2) is 6.31. The van der Waals surface area contributed by atoms with E-state index >= 15 is 0 Å². The Hall–Kier alpha value is -2.00. The van der Waals surface area contributed by atoms with Crippen LogP contribution in [0.1, 0.15) is 36.0 Å². The Morgan fingerprint density at radius 2 is 1.85 bits per heavy atom. The number of fused-ring (bicyclic) bond motifs is 3. The van der Waals surface area contributed by atoms with Gasteiger partial charge in [-0.15, -0.1) is 0 Å². The van der Waals surface area contributed by atoms with Gasteiger partial charge in [0.15, 0.2) is 0 Å². The Labute approximate surface area is 157 Å². The van der Waals surface area contributed by atoms with E-state index in [9.17, 15) is 0 Å². The number of piperidine rings is 1. The lowest BCUT2D eigenvalue weighted by Gasteiger charge is -2.41. The molecule has 2 aromatic carbocycles. The Morgan fingerprint density at radius 3 is 2.73 bits per heavy atom. The first-order valence-electron chi connectivity index (χ1n) is 10.2. The van der Waals surface area contributed by atoms with E-state index in [2.05, 4.69) is 71.1 Å². The molecule has 0 bridgehead atoms. The fourth-order valence-corrected chi connectivity index (χ4v) is 5.33. The summed E-state index contributed by atoms with van der Waals surface area (Å²) in [7, 11) is 2.24. The second-order valence-electron chi connectivity index (χ2n) is 8.20. The van der Waals surface area contributed by atoms with Crippen molar-refractivity contribution in [1.82, 2.24) is 4.90 Å². The monoisotopic (exact) mass is 347 g/mol. The third-order valence-electron chi connectivity index (χ3n) is 6.69. The first kappa shape index (κ1) is 16.2. The molecule has 1 fully saturated rings. The molecule has 1 saturated heterocycles. The molecular weight excluding hydrogens is 318 g/mol. The molecule has 3 heteroatoms. The molecule has 3 aliphatic rings. The van der Waals surface area contributed by atoms with E-state index in [-0.39, 0.29) is 0 Å². The number of anilines is 2. The van der Waals surface area contributed by atoms with Gasteiger partial charge in [-0.2, -0.15) is 0 Å². The standard InChI is InChI=1S/C23H29N3/c1-3-17-6-4-7-18(14-17)15-25-11-10-21-20(16-25)19-8-5-9-22-23(19)26(21)13-12-24(22)2/h4-9,14,20-21H,3,10-13,15-16H2,1-2H3/t20-,21-/m0/s1. The molecule has 2 aromatic rings. The first-order chi connectivity index (χ1) is 12.7. The number of rotatable bonds is 3. The van der Waals surface area contributed by atoms with Gasteiger partial charge < -0.3 is 9.80 Å². The molecule has 3 aliphatic heterocycles. The van der Waals surface area contributed by atoms with E-state index in [1.165, 1.54) is 48.6 Å². The molecule has 3 nitrogen and oxygen atoms in total. The van der Waals surface area contributed by atoms with Crippen LogP contribution in [0.3, 0.4) is 0 Å². The molecule has 0 aliphatic carbocycles. The Balaban J connectivity index is 1.40. The summed E-state index contributed by atoms with van der Waals surface area (Å²) in [4.78, 5) is 7.84. The summed E-state index contributed by atoms with van der Waals surface area (Å²) in [6, 6.07) is 16.8. The highest BCUT2D eigenvalue weighted by Crippen LogP contribution is 2.50. The van der Waals surface area contributed by atoms with Crippen molar-refractivity contribution in [2.45, 2.75) is 38.3 Å². The molecule has 3 heterocycles. The minimum atomic E-state index is 0.666. The third kappa shape index (κ3) is 2.52. The molecule has 0 amide bonds. The van der Waals surface area contributed by atoms with Crippen LogP contribution in [-0.4, -0.2) is 44.2 Å². The highest BCUT2D eigenvalue weighted by atomic mass is 15.3. The molecule has 5 rings (SSSR count). The van der Waals surface area contributed by atoms with Gasteiger partial charge in [-0.1, -0.05) is 43.3 Å². The predicted molar refractivity (Wildman–Crippen MR) is 109 cm³/mol. The second-order valence-corrected chi connectivity index (χ2v) is 8.20. The van der Waals surface area contributed by atoms with Crippen LogP contribution in [-0.2, 0) is 13.0 Å². The summed E-state index contributed by atoms with van der Waals surface area (Å²) in [6.07, 6.45) is 2.41. The molecule has 0 saturated carbocycles. The molecule has 0 aromatic heterocycles. The van der Waals surface area contributed by atoms with Gasteiger partial charge in [0.2, 0.25) is 0 Å². The SMILES string of the molecule is CCc1cccc(CN2CC[C@H]3[C@@H](C2)c2cccc4c2N3CCN4C)c1. The minimum Gasteiger partial charge on any atom is -0.371 e. The third-order valence-corrected chi connectivity index (χ3v) is 6.69. The van der Waals surface area contributed by atoms with Gasteiger partial charge in [0.05, 0.1) is 11.4 Å². The number of para-hydroxylation sites is 1. The summed E-state index contributed by atoms with van der Waals surface area (Å²) in [6.45, 7) is 8.06. The van der Waals surface area contributed by atoms with E-state index in [1.807, 2.05) is 0 Å². The maximum Gasteiger partial charge on any atom is 0.0644 e. The average Bonchev–Trinajstić information content (AvgIpc) is 2.99. The number of hydrogen-bond acceptors (Lipinski definition) is 3. The lowest BCUT2D eigenvalue weighted by atomic mass is 9.88. The molecule has 0 unspecified atom stereocenters. The highest BCUT2D eigenvalue weighted by molar-refractivity contribution is 5.80. The van der Waals surface area contributed by atoms with E-state index < -0.39 is 0 Å². The Kier molecular flexibility index (Phi) is 3.93. The number of aryl methyl sites for hydroxylation is 1. The maximum atomic E-state index is 2.73. The van der Waals surface area contributed by atoms with Gasteiger partial charge in [0.1, 0.15) is 0 Å². The summed E-state index contributed by atoms with van der Waals surface area (Å²) >= 11 is 0. The van der Waals surface area contributed by atoms with E-state index in [4.69, 9.17) is 0 Å². The smallest absolute Gasteiger partial charge is 0.0644 e. The number of likely N-dealkylation sites (N-methyl/N-ethyl adjacent to an activating group) is 1. The minimum absolute atomic E-state index is 0.666. The van der Waals surface area contributed by atoms with Gasteiger partial charge in [0.25, 0.3) is 0 Å². The lowest BCUT2D eigenvalue weighted by molar-refractivity contribution is 0.186. The normalized spacial score (nSPS) is 24.5. The van der Waals surface area contributed by atoms with Crippen LogP contribution >= 0.6 is 0 Å². The maximum absolute atomic E-state index is 2.73. The van der Waals surface area contributed by atoms with Gasteiger partial charge >= 0.3 is 0 Å². The number of nitrogens with zero attached hydrogens (tertiary/aromatic N) is 3. The van der Waals surface area contributed by atoms with Crippen LogP contribution in [0.15, 0.2) is 42.5 Å². The zero-order valence-electron chi connectivity index (χ0n) is 16.0. The molecule has 2 atom stereocenters. The summed E-state index contributed by atoms with van der Waals surface area (Å²) < 4.78 is 0. The first-order valence-corrected chi connectivity index (χ1v) is 10.2. The fraction of sp³-hybridized carbons (Fsp3) is 0.478. The lowest BCUT2D eigenvalue weighted by Crippen LogP contribution is -2.49. The topological polar surface area (TPSA) is 9.72 Å². The molecule has 26 heavy (non-hydrogen) atoms. The summed E-state index contributed by atoms with van der Waals surface area (Å²) in [5.74, 6) is 0.666. The molecule has 136 valence electrons. The predicted octanol–water partition coefficient (Wildman–Crippen LogP) is 3.88. The van der Waals surface area contributed by atoms with Crippen molar-refractivity contribution in [2.24, 2.45) is 0 Å². The number of likely N-dealkylation sites (tertiary alicyclic amines) is 1.